The molecule has 1 aliphatic heterocycles. The summed E-state index contributed by atoms with van der Waals surface area (Å²) in [5.41, 5.74) is 0.529. The van der Waals surface area contributed by atoms with Gasteiger partial charge in [-0.2, -0.15) is 0 Å². The van der Waals surface area contributed by atoms with Crippen LogP contribution in [0, 0.1) is 0 Å². The number of benzene rings is 1. The zero-order valence-electron chi connectivity index (χ0n) is 9.44. The van der Waals surface area contributed by atoms with Gasteiger partial charge in [0.1, 0.15) is 24.0 Å². The first-order valence-electron chi connectivity index (χ1n) is 5.74. The Labute approximate surface area is 95.4 Å². The lowest BCUT2D eigenvalue weighted by Crippen LogP contribution is -2.21. The zero-order valence-corrected chi connectivity index (χ0v) is 9.44. The molecule has 1 aliphatic rings. The van der Waals surface area contributed by atoms with Crippen molar-refractivity contribution >= 4 is 5.97 Å². The van der Waals surface area contributed by atoms with E-state index in [1.165, 1.54) is 0 Å². The molecule has 86 valence electrons. The minimum absolute atomic E-state index is 0.111. The first-order chi connectivity index (χ1) is 7.81. The van der Waals surface area contributed by atoms with E-state index in [2.05, 4.69) is 6.92 Å². The van der Waals surface area contributed by atoms with E-state index in [0.29, 0.717) is 17.9 Å². The van der Waals surface area contributed by atoms with Crippen molar-refractivity contribution in [2.24, 2.45) is 0 Å². The lowest BCUT2D eigenvalue weighted by atomic mass is 10.2. The van der Waals surface area contributed by atoms with Crippen molar-refractivity contribution in [1.29, 1.82) is 0 Å². The lowest BCUT2D eigenvalue weighted by molar-refractivity contribution is 0.0208. The number of hydrogen-bond acceptors (Lipinski definition) is 3. The molecule has 0 bridgehead atoms. The highest BCUT2D eigenvalue weighted by Crippen LogP contribution is 2.24. The van der Waals surface area contributed by atoms with Crippen LogP contribution in [0.3, 0.4) is 0 Å². The molecule has 0 N–H and O–H groups in total. The third kappa shape index (κ3) is 2.35. The number of carbonyl (C=O) groups excluding carboxylic acids is 1. The topological polar surface area (TPSA) is 35.5 Å². The van der Waals surface area contributed by atoms with E-state index in [1.54, 1.807) is 12.1 Å². The summed E-state index contributed by atoms with van der Waals surface area (Å²) in [4.78, 5) is 11.8. The highest BCUT2D eigenvalue weighted by molar-refractivity contribution is 5.92. The quantitative estimate of drug-likeness (QED) is 0.735. The van der Waals surface area contributed by atoms with Crippen LogP contribution in [0.1, 0.15) is 36.5 Å². The van der Waals surface area contributed by atoms with Gasteiger partial charge in [-0.15, -0.1) is 0 Å². The minimum atomic E-state index is -0.269. The van der Waals surface area contributed by atoms with Crippen LogP contribution in [0.2, 0.25) is 0 Å². The molecule has 2 rings (SSSR count). The molecular weight excluding hydrogens is 204 g/mol. The standard InChI is InChI=1S/C13H16O3/c1-2-3-6-10-9-15-12-8-5-4-7-11(12)13(14)16-10/h4-5,7-8,10H,2-3,6,9H2,1H3. The first kappa shape index (κ1) is 11.0. The molecule has 0 spiro atoms. The van der Waals surface area contributed by atoms with Crippen LogP contribution in [0.4, 0.5) is 0 Å². The van der Waals surface area contributed by atoms with E-state index in [1.807, 2.05) is 12.1 Å². The van der Waals surface area contributed by atoms with Gasteiger partial charge in [0.2, 0.25) is 0 Å². The second-order valence-corrected chi connectivity index (χ2v) is 3.98. The molecule has 1 atom stereocenters. The molecule has 0 amide bonds. The monoisotopic (exact) mass is 220 g/mol. The molecule has 0 radical (unpaired) electrons. The summed E-state index contributed by atoms with van der Waals surface area (Å²) in [6, 6.07) is 7.22. The van der Waals surface area contributed by atoms with Crippen LogP contribution < -0.4 is 4.74 Å². The van der Waals surface area contributed by atoms with Gasteiger partial charge in [-0.3, -0.25) is 0 Å². The summed E-state index contributed by atoms with van der Waals surface area (Å²) in [6.45, 7) is 2.58. The summed E-state index contributed by atoms with van der Waals surface area (Å²) < 4.78 is 11.0. The van der Waals surface area contributed by atoms with Crippen LogP contribution in [-0.4, -0.2) is 18.7 Å². The van der Waals surface area contributed by atoms with E-state index < -0.39 is 0 Å². The fraction of sp³-hybridized carbons (Fsp3) is 0.462. The average molecular weight is 220 g/mol. The Balaban J connectivity index is 2.10. The molecule has 1 aromatic rings. The number of cyclic esters (lactones) is 1. The summed E-state index contributed by atoms with van der Waals surface area (Å²) in [6.07, 6.45) is 2.91. The van der Waals surface area contributed by atoms with Crippen molar-refractivity contribution in [3.8, 4) is 5.75 Å². The molecule has 16 heavy (non-hydrogen) atoms. The van der Waals surface area contributed by atoms with Crippen LogP contribution in [0.25, 0.3) is 0 Å². The number of hydrogen-bond donors (Lipinski definition) is 0. The molecule has 1 unspecified atom stereocenters. The average Bonchev–Trinajstić information content (AvgIpc) is 2.47. The number of para-hydroxylation sites is 1. The van der Waals surface area contributed by atoms with E-state index in [-0.39, 0.29) is 12.1 Å². The summed E-state index contributed by atoms with van der Waals surface area (Å²) in [5.74, 6) is 0.362. The number of carbonyl (C=O) groups is 1. The van der Waals surface area contributed by atoms with Gasteiger partial charge in [-0.05, 0) is 25.0 Å². The Hall–Kier alpha value is -1.51. The maximum Gasteiger partial charge on any atom is 0.342 e. The highest BCUT2D eigenvalue weighted by atomic mass is 16.6. The van der Waals surface area contributed by atoms with Crippen LogP contribution in [0.5, 0.6) is 5.75 Å². The summed E-state index contributed by atoms with van der Waals surface area (Å²) in [5, 5.41) is 0. The minimum Gasteiger partial charge on any atom is -0.489 e. The molecule has 0 saturated carbocycles. The Morgan fingerprint density at radius 2 is 2.19 bits per heavy atom. The molecule has 0 aromatic heterocycles. The van der Waals surface area contributed by atoms with Gasteiger partial charge in [0.05, 0.1) is 0 Å². The summed E-state index contributed by atoms with van der Waals surface area (Å²) >= 11 is 0. The van der Waals surface area contributed by atoms with Crippen molar-refractivity contribution < 1.29 is 14.3 Å². The predicted octanol–water partition coefficient (Wildman–Crippen LogP) is 2.79. The number of esters is 1. The largest absolute Gasteiger partial charge is 0.489 e. The second-order valence-electron chi connectivity index (χ2n) is 3.98. The third-order valence-electron chi connectivity index (χ3n) is 2.69. The molecular formula is C13H16O3. The Bertz CT molecular complexity index is 373. The SMILES string of the molecule is CCCCC1COc2ccccc2C(=O)O1. The zero-order chi connectivity index (χ0) is 11.4. The van der Waals surface area contributed by atoms with Gasteiger partial charge in [-0.1, -0.05) is 25.5 Å². The van der Waals surface area contributed by atoms with Gasteiger partial charge in [0, 0.05) is 0 Å². The smallest absolute Gasteiger partial charge is 0.342 e. The predicted molar refractivity (Wildman–Crippen MR) is 60.7 cm³/mol. The van der Waals surface area contributed by atoms with Gasteiger partial charge in [0.25, 0.3) is 0 Å². The molecule has 0 fully saturated rings. The molecule has 1 aromatic carbocycles. The van der Waals surface area contributed by atoms with E-state index >= 15 is 0 Å². The lowest BCUT2D eigenvalue weighted by Gasteiger charge is -2.13. The Morgan fingerprint density at radius 3 is 3.00 bits per heavy atom. The maximum absolute atomic E-state index is 11.8. The van der Waals surface area contributed by atoms with E-state index in [0.717, 1.165) is 19.3 Å². The second kappa shape index (κ2) is 5.01. The van der Waals surface area contributed by atoms with Crippen molar-refractivity contribution in [3.63, 3.8) is 0 Å². The van der Waals surface area contributed by atoms with Gasteiger partial charge >= 0.3 is 5.97 Å². The van der Waals surface area contributed by atoms with Crippen molar-refractivity contribution in [2.75, 3.05) is 6.61 Å². The van der Waals surface area contributed by atoms with Gasteiger partial charge in [-0.25, -0.2) is 4.79 Å². The normalized spacial score (nSPS) is 19.3. The van der Waals surface area contributed by atoms with Crippen LogP contribution in [0.15, 0.2) is 24.3 Å². The number of fused-ring (bicyclic) bond motifs is 1. The molecule has 3 nitrogen and oxygen atoms in total. The number of ether oxygens (including phenoxy) is 2. The van der Waals surface area contributed by atoms with Gasteiger partial charge in [0.15, 0.2) is 0 Å². The molecule has 1 heterocycles. The van der Waals surface area contributed by atoms with Crippen molar-refractivity contribution in [2.45, 2.75) is 32.3 Å². The first-order valence-corrected chi connectivity index (χ1v) is 5.74. The fourth-order valence-electron chi connectivity index (χ4n) is 1.77. The maximum atomic E-state index is 11.8. The Morgan fingerprint density at radius 1 is 1.38 bits per heavy atom. The van der Waals surface area contributed by atoms with E-state index in [9.17, 15) is 4.79 Å². The summed E-state index contributed by atoms with van der Waals surface area (Å²) in [7, 11) is 0. The Kier molecular flexibility index (Phi) is 3.44. The van der Waals surface area contributed by atoms with Gasteiger partial charge < -0.3 is 9.47 Å². The van der Waals surface area contributed by atoms with Crippen LogP contribution in [-0.2, 0) is 4.74 Å². The molecule has 3 heteroatoms. The molecule has 0 saturated heterocycles. The number of rotatable bonds is 3. The van der Waals surface area contributed by atoms with Crippen LogP contribution >= 0.6 is 0 Å². The third-order valence-corrected chi connectivity index (χ3v) is 2.69. The van der Waals surface area contributed by atoms with Crippen molar-refractivity contribution in [3.05, 3.63) is 29.8 Å². The van der Waals surface area contributed by atoms with Crippen molar-refractivity contribution in [1.82, 2.24) is 0 Å². The number of unbranched alkanes of at least 4 members (excludes halogenated alkanes) is 1. The fourth-order valence-corrected chi connectivity index (χ4v) is 1.77. The van der Waals surface area contributed by atoms with E-state index in [4.69, 9.17) is 9.47 Å². The molecule has 0 aliphatic carbocycles. The highest BCUT2D eigenvalue weighted by Gasteiger charge is 2.23.